The molecule has 0 saturated heterocycles. The van der Waals surface area contributed by atoms with E-state index < -0.39 is 10.0 Å². The molecule has 1 N–H and O–H groups in total. The molecule has 0 radical (unpaired) electrons. The van der Waals surface area contributed by atoms with Gasteiger partial charge >= 0.3 is 0 Å². The van der Waals surface area contributed by atoms with Gasteiger partial charge in [-0.25, -0.2) is 8.42 Å². The lowest BCUT2D eigenvalue weighted by molar-refractivity contribution is 0.594. The topological polar surface area (TPSA) is 62.3 Å². The fourth-order valence-corrected chi connectivity index (χ4v) is 2.81. The Morgan fingerprint density at radius 2 is 1.84 bits per heavy atom. The van der Waals surface area contributed by atoms with Crippen LogP contribution in [-0.4, -0.2) is 27.5 Å². The van der Waals surface area contributed by atoms with Crippen molar-refractivity contribution in [2.24, 2.45) is 0 Å². The van der Waals surface area contributed by atoms with Gasteiger partial charge in [-0.05, 0) is 36.4 Å². The molecule has 1 aromatic heterocycles. The third-order valence-corrected chi connectivity index (χ3v) is 4.61. The van der Waals surface area contributed by atoms with Crippen LogP contribution >= 0.6 is 0 Å². The molecule has 0 aliphatic heterocycles. The highest BCUT2D eigenvalue weighted by Gasteiger charge is 2.21. The molecule has 0 bridgehead atoms. The van der Waals surface area contributed by atoms with Gasteiger partial charge in [0.05, 0.1) is 16.8 Å². The smallest absolute Gasteiger partial charge is 0.264 e. The number of pyridine rings is 1. The number of rotatable bonds is 4. The van der Waals surface area contributed by atoms with Gasteiger partial charge in [-0.3, -0.25) is 9.29 Å². The fraction of sp³-hybridized carbons (Fsp3) is 0.154. The predicted octanol–water partition coefficient (Wildman–Crippen LogP) is 1.95. The monoisotopic (exact) mass is 277 g/mol. The quantitative estimate of drug-likeness (QED) is 0.928. The van der Waals surface area contributed by atoms with E-state index in [1.807, 2.05) is 0 Å². The summed E-state index contributed by atoms with van der Waals surface area (Å²) in [5.74, 6) is 0. The van der Waals surface area contributed by atoms with Crippen LogP contribution in [0, 0.1) is 0 Å². The van der Waals surface area contributed by atoms with Crippen LogP contribution < -0.4 is 9.62 Å². The van der Waals surface area contributed by atoms with Gasteiger partial charge in [-0.1, -0.05) is 0 Å². The molecule has 5 nitrogen and oxygen atoms in total. The molecule has 2 rings (SSSR count). The molecule has 0 spiro atoms. The number of sulfonamides is 1. The Bertz CT molecular complexity index is 639. The molecule has 6 heteroatoms. The van der Waals surface area contributed by atoms with Crippen molar-refractivity contribution in [1.82, 2.24) is 4.98 Å². The van der Waals surface area contributed by atoms with E-state index in [2.05, 4.69) is 10.3 Å². The van der Waals surface area contributed by atoms with Crippen molar-refractivity contribution < 1.29 is 8.42 Å². The van der Waals surface area contributed by atoms with Gasteiger partial charge in [0.15, 0.2) is 0 Å². The summed E-state index contributed by atoms with van der Waals surface area (Å²) >= 11 is 0. The van der Waals surface area contributed by atoms with Crippen LogP contribution in [0.3, 0.4) is 0 Å². The van der Waals surface area contributed by atoms with E-state index in [4.69, 9.17) is 0 Å². The third kappa shape index (κ3) is 2.68. The van der Waals surface area contributed by atoms with Gasteiger partial charge in [-0.2, -0.15) is 0 Å². The zero-order valence-corrected chi connectivity index (χ0v) is 11.6. The highest BCUT2D eigenvalue weighted by Crippen LogP contribution is 2.21. The maximum Gasteiger partial charge on any atom is 0.264 e. The Kier molecular flexibility index (Phi) is 3.71. The number of benzene rings is 1. The summed E-state index contributed by atoms with van der Waals surface area (Å²) in [6, 6.07) is 10.0. The molecule has 0 aliphatic carbocycles. The highest BCUT2D eigenvalue weighted by atomic mass is 32.2. The SMILES string of the molecule is CNc1ccc(S(=O)(=O)N(C)c2cccnc2)cc1. The number of nitrogens with zero attached hydrogens (tertiary/aromatic N) is 2. The van der Waals surface area contributed by atoms with Crippen LogP contribution in [0.2, 0.25) is 0 Å². The molecule has 19 heavy (non-hydrogen) atoms. The third-order valence-electron chi connectivity index (χ3n) is 2.81. The molecule has 0 atom stereocenters. The van der Waals surface area contributed by atoms with E-state index in [1.54, 1.807) is 49.6 Å². The van der Waals surface area contributed by atoms with Crippen molar-refractivity contribution in [3.05, 3.63) is 48.8 Å². The standard InChI is InChI=1S/C13H15N3O2S/c1-14-11-5-7-13(8-6-11)19(17,18)16(2)12-4-3-9-15-10-12/h3-10,14H,1-2H3. The number of anilines is 2. The second-order valence-electron chi connectivity index (χ2n) is 3.96. The van der Waals surface area contributed by atoms with Gasteiger partial charge in [0.1, 0.15) is 0 Å². The highest BCUT2D eigenvalue weighted by molar-refractivity contribution is 7.92. The first kappa shape index (κ1) is 13.4. The minimum Gasteiger partial charge on any atom is -0.388 e. The molecule has 2 aromatic rings. The number of hydrogen-bond donors (Lipinski definition) is 1. The van der Waals surface area contributed by atoms with Gasteiger partial charge in [0.25, 0.3) is 10.0 Å². The number of aromatic nitrogens is 1. The van der Waals surface area contributed by atoms with Crippen LogP contribution in [-0.2, 0) is 10.0 Å². The van der Waals surface area contributed by atoms with E-state index >= 15 is 0 Å². The van der Waals surface area contributed by atoms with E-state index in [9.17, 15) is 8.42 Å². The number of nitrogens with one attached hydrogen (secondary N) is 1. The van der Waals surface area contributed by atoms with Crippen LogP contribution in [0.25, 0.3) is 0 Å². The van der Waals surface area contributed by atoms with Crippen molar-refractivity contribution in [3.63, 3.8) is 0 Å². The fourth-order valence-electron chi connectivity index (χ4n) is 1.63. The van der Waals surface area contributed by atoms with Crippen LogP contribution in [0.4, 0.5) is 11.4 Å². The lowest BCUT2D eigenvalue weighted by Gasteiger charge is -2.19. The summed E-state index contributed by atoms with van der Waals surface area (Å²) in [4.78, 5) is 4.17. The molecular formula is C13H15N3O2S. The van der Waals surface area contributed by atoms with E-state index in [-0.39, 0.29) is 4.90 Å². The van der Waals surface area contributed by atoms with Gasteiger partial charge in [0.2, 0.25) is 0 Å². The zero-order chi connectivity index (χ0) is 13.9. The first-order valence-electron chi connectivity index (χ1n) is 5.72. The summed E-state index contributed by atoms with van der Waals surface area (Å²) in [5, 5.41) is 2.95. The first-order valence-corrected chi connectivity index (χ1v) is 7.16. The number of hydrogen-bond acceptors (Lipinski definition) is 4. The molecule has 0 aliphatic rings. The average Bonchev–Trinajstić information content (AvgIpc) is 2.47. The van der Waals surface area contributed by atoms with E-state index in [0.717, 1.165) is 5.69 Å². The summed E-state index contributed by atoms with van der Waals surface area (Å²) in [7, 11) is -0.256. The van der Waals surface area contributed by atoms with Crippen molar-refractivity contribution >= 4 is 21.4 Å². The average molecular weight is 277 g/mol. The zero-order valence-electron chi connectivity index (χ0n) is 10.7. The Morgan fingerprint density at radius 1 is 1.16 bits per heavy atom. The lowest BCUT2D eigenvalue weighted by atomic mass is 10.3. The van der Waals surface area contributed by atoms with Crippen LogP contribution in [0.1, 0.15) is 0 Å². The minimum atomic E-state index is -3.55. The van der Waals surface area contributed by atoms with Crippen molar-refractivity contribution in [2.45, 2.75) is 4.90 Å². The van der Waals surface area contributed by atoms with Crippen molar-refractivity contribution in [2.75, 3.05) is 23.7 Å². The molecule has 0 amide bonds. The van der Waals surface area contributed by atoms with Gasteiger partial charge in [-0.15, -0.1) is 0 Å². The van der Waals surface area contributed by atoms with Crippen LogP contribution in [0.15, 0.2) is 53.7 Å². The summed E-state index contributed by atoms with van der Waals surface area (Å²) in [6.45, 7) is 0. The molecule has 1 aromatic carbocycles. The van der Waals surface area contributed by atoms with Crippen LogP contribution in [0.5, 0.6) is 0 Å². The molecule has 0 unspecified atom stereocenters. The second-order valence-corrected chi connectivity index (χ2v) is 5.93. The van der Waals surface area contributed by atoms with E-state index in [0.29, 0.717) is 5.69 Å². The first-order chi connectivity index (χ1) is 9.05. The maximum absolute atomic E-state index is 12.4. The molecular weight excluding hydrogens is 262 g/mol. The maximum atomic E-state index is 12.4. The summed E-state index contributed by atoms with van der Waals surface area (Å²) in [5.41, 5.74) is 1.39. The molecule has 0 saturated carbocycles. The molecule has 100 valence electrons. The van der Waals surface area contributed by atoms with Crippen molar-refractivity contribution in [1.29, 1.82) is 0 Å². The molecule has 0 fully saturated rings. The normalized spacial score (nSPS) is 11.1. The Hall–Kier alpha value is -2.08. The Morgan fingerprint density at radius 3 is 2.37 bits per heavy atom. The molecule has 1 heterocycles. The Labute approximate surface area is 113 Å². The summed E-state index contributed by atoms with van der Waals surface area (Å²) < 4.78 is 26.0. The second kappa shape index (κ2) is 5.27. The van der Waals surface area contributed by atoms with Gasteiger partial charge in [0, 0.05) is 26.0 Å². The largest absolute Gasteiger partial charge is 0.388 e. The minimum absolute atomic E-state index is 0.248. The summed E-state index contributed by atoms with van der Waals surface area (Å²) in [6.07, 6.45) is 3.12. The Balaban J connectivity index is 2.36. The predicted molar refractivity (Wildman–Crippen MR) is 75.8 cm³/mol. The van der Waals surface area contributed by atoms with Crippen molar-refractivity contribution in [3.8, 4) is 0 Å². The van der Waals surface area contributed by atoms with Gasteiger partial charge < -0.3 is 5.32 Å². The van der Waals surface area contributed by atoms with E-state index in [1.165, 1.54) is 17.5 Å². The lowest BCUT2D eigenvalue weighted by Crippen LogP contribution is -2.26.